The van der Waals surface area contributed by atoms with Gasteiger partial charge in [-0.2, -0.15) is 0 Å². The molecule has 0 unspecified atom stereocenters. The van der Waals surface area contributed by atoms with Crippen molar-refractivity contribution in [2.75, 3.05) is 6.61 Å². The highest BCUT2D eigenvalue weighted by Crippen LogP contribution is 2.39. The fraction of sp³-hybridized carbons (Fsp3) is 1.00. The van der Waals surface area contributed by atoms with Crippen molar-refractivity contribution in [1.82, 2.24) is 0 Å². The molecule has 0 aliphatic heterocycles. The lowest BCUT2D eigenvalue weighted by Crippen LogP contribution is -2.32. The zero-order valence-corrected chi connectivity index (χ0v) is 8.89. The lowest BCUT2D eigenvalue weighted by Gasteiger charge is -2.38. The Morgan fingerprint density at radius 2 is 2.00 bits per heavy atom. The van der Waals surface area contributed by atoms with E-state index in [0.717, 1.165) is 12.5 Å². The molecule has 0 spiro atoms. The Morgan fingerprint density at radius 1 is 1.33 bits per heavy atom. The van der Waals surface area contributed by atoms with Crippen LogP contribution in [0.5, 0.6) is 0 Å². The van der Waals surface area contributed by atoms with Crippen molar-refractivity contribution in [3.8, 4) is 0 Å². The first kappa shape index (κ1) is 10.0. The smallest absolute Gasteiger partial charge is 0.0582 e. The summed E-state index contributed by atoms with van der Waals surface area (Å²) in [7, 11) is 0. The third-order valence-corrected chi connectivity index (χ3v) is 2.75. The number of rotatable bonds is 2. The van der Waals surface area contributed by atoms with Crippen LogP contribution in [0.25, 0.3) is 0 Å². The minimum Gasteiger partial charge on any atom is -0.378 e. The highest BCUT2D eigenvalue weighted by molar-refractivity contribution is 4.83. The van der Waals surface area contributed by atoms with Gasteiger partial charge in [0, 0.05) is 6.61 Å². The van der Waals surface area contributed by atoms with E-state index in [4.69, 9.17) is 4.74 Å². The fourth-order valence-corrected chi connectivity index (χ4v) is 2.62. The summed E-state index contributed by atoms with van der Waals surface area (Å²) in [6.07, 6.45) is 4.38. The van der Waals surface area contributed by atoms with Crippen LogP contribution in [-0.4, -0.2) is 12.7 Å². The Hall–Kier alpha value is -0.0400. The maximum Gasteiger partial charge on any atom is 0.0582 e. The van der Waals surface area contributed by atoms with Gasteiger partial charge in [-0.15, -0.1) is 0 Å². The summed E-state index contributed by atoms with van der Waals surface area (Å²) >= 11 is 0. The molecular formula is C11H22O. The summed E-state index contributed by atoms with van der Waals surface area (Å²) in [5.74, 6) is 0.838. The second-order valence-corrected chi connectivity index (χ2v) is 4.99. The summed E-state index contributed by atoms with van der Waals surface area (Å²) in [6.45, 7) is 10.0. The van der Waals surface area contributed by atoms with Gasteiger partial charge in [-0.05, 0) is 37.5 Å². The third kappa shape index (κ3) is 2.78. The quantitative estimate of drug-likeness (QED) is 0.618. The molecule has 0 amide bonds. The van der Waals surface area contributed by atoms with Crippen LogP contribution in [0.15, 0.2) is 0 Å². The minimum absolute atomic E-state index is 0.498. The van der Waals surface area contributed by atoms with Crippen LogP contribution in [0.1, 0.15) is 47.0 Å². The average Bonchev–Trinajstić information content (AvgIpc) is 1.82. The topological polar surface area (TPSA) is 9.23 Å². The first-order valence-corrected chi connectivity index (χ1v) is 5.15. The number of hydrogen-bond acceptors (Lipinski definition) is 1. The van der Waals surface area contributed by atoms with E-state index in [1.165, 1.54) is 19.3 Å². The van der Waals surface area contributed by atoms with Gasteiger partial charge in [-0.25, -0.2) is 0 Å². The van der Waals surface area contributed by atoms with E-state index in [9.17, 15) is 0 Å². The van der Waals surface area contributed by atoms with Crippen molar-refractivity contribution in [3.63, 3.8) is 0 Å². The predicted molar refractivity (Wildman–Crippen MR) is 52.2 cm³/mol. The molecule has 1 aliphatic carbocycles. The van der Waals surface area contributed by atoms with Crippen molar-refractivity contribution in [1.29, 1.82) is 0 Å². The third-order valence-electron chi connectivity index (χ3n) is 2.75. The summed E-state index contributed by atoms with van der Waals surface area (Å²) in [5.41, 5.74) is 0.498. The molecule has 72 valence electrons. The van der Waals surface area contributed by atoms with Crippen LogP contribution in [0.4, 0.5) is 0 Å². The van der Waals surface area contributed by atoms with Crippen LogP contribution in [-0.2, 0) is 4.74 Å². The average molecular weight is 170 g/mol. The molecule has 0 radical (unpaired) electrons. The first-order valence-electron chi connectivity index (χ1n) is 5.15. The van der Waals surface area contributed by atoms with Crippen LogP contribution in [0, 0.1) is 11.3 Å². The Labute approximate surface area is 76.5 Å². The molecule has 0 aromatic carbocycles. The molecule has 1 saturated carbocycles. The standard InChI is InChI=1S/C11H22O/c1-5-12-10-6-9(2)7-11(3,4)8-10/h9-10H,5-8H2,1-4H3/t9-,10-/m0/s1. The molecule has 0 bridgehead atoms. The van der Waals surface area contributed by atoms with E-state index >= 15 is 0 Å². The number of hydrogen-bond donors (Lipinski definition) is 0. The van der Waals surface area contributed by atoms with Gasteiger partial charge in [0.2, 0.25) is 0 Å². The van der Waals surface area contributed by atoms with Crippen molar-refractivity contribution in [2.24, 2.45) is 11.3 Å². The van der Waals surface area contributed by atoms with Crippen LogP contribution >= 0.6 is 0 Å². The predicted octanol–water partition coefficient (Wildman–Crippen LogP) is 3.24. The normalized spacial score (nSPS) is 35.0. The SMILES string of the molecule is CCO[C@H]1C[C@H](C)CC(C)(C)C1. The molecule has 1 nitrogen and oxygen atoms in total. The maximum atomic E-state index is 5.69. The van der Waals surface area contributed by atoms with Crippen molar-refractivity contribution in [3.05, 3.63) is 0 Å². The largest absolute Gasteiger partial charge is 0.378 e. The van der Waals surface area contributed by atoms with Crippen molar-refractivity contribution >= 4 is 0 Å². The van der Waals surface area contributed by atoms with E-state index in [-0.39, 0.29) is 0 Å². The lowest BCUT2D eigenvalue weighted by molar-refractivity contribution is -0.0172. The Balaban J connectivity index is 2.46. The van der Waals surface area contributed by atoms with E-state index < -0.39 is 0 Å². The molecule has 1 rings (SSSR count). The molecule has 0 aromatic rings. The zero-order valence-electron chi connectivity index (χ0n) is 8.89. The molecule has 12 heavy (non-hydrogen) atoms. The maximum absolute atomic E-state index is 5.69. The van der Waals surface area contributed by atoms with Crippen molar-refractivity contribution in [2.45, 2.75) is 53.1 Å². The molecule has 2 atom stereocenters. The molecule has 1 fully saturated rings. The van der Waals surface area contributed by atoms with Gasteiger partial charge in [-0.3, -0.25) is 0 Å². The monoisotopic (exact) mass is 170 g/mol. The van der Waals surface area contributed by atoms with E-state index in [0.29, 0.717) is 11.5 Å². The Morgan fingerprint density at radius 3 is 2.50 bits per heavy atom. The van der Waals surface area contributed by atoms with Gasteiger partial charge < -0.3 is 4.74 Å². The lowest BCUT2D eigenvalue weighted by atomic mass is 9.71. The van der Waals surface area contributed by atoms with Crippen LogP contribution in [0.2, 0.25) is 0 Å². The fourth-order valence-electron chi connectivity index (χ4n) is 2.62. The second kappa shape index (κ2) is 3.78. The molecule has 0 saturated heterocycles. The summed E-state index contributed by atoms with van der Waals surface area (Å²) in [4.78, 5) is 0. The molecule has 0 N–H and O–H groups in total. The summed E-state index contributed by atoms with van der Waals surface area (Å²) in [6, 6.07) is 0. The highest BCUT2D eigenvalue weighted by atomic mass is 16.5. The van der Waals surface area contributed by atoms with Crippen LogP contribution in [0.3, 0.4) is 0 Å². The minimum atomic E-state index is 0.498. The molecule has 1 heteroatoms. The van der Waals surface area contributed by atoms with E-state index in [2.05, 4.69) is 27.7 Å². The molecule has 0 heterocycles. The van der Waals surface area contributed by atoms with Gasteiger partial charge in [0.1, 0.15) is 0 Å². The van der Waals surface area contributed by atoms with Gasteiger partial charge >= 0.3 is 0 Å². The van der Waals surface area contributed by atoms with Crippen molar-refractivity contribution < 1.29 is 4.74 Å². The molecular weight excluding hydrogens is 148 g/mol. The Kier molecular flexibility index (Phi) is 3.16. The number of ether oxygens (including phenoxy) is 1. The summed E-state index contributed by atoms with van der Waals surface area (Å²) < 4.78 is 5.69. The van der Waals surface area contributed by atoms with Gasteiger partial charge in [-0.1, -0.05) is 20.8 Å². The first-order chi connectivity index (χ1) is 5.53. The molecule has 0 aromatic heterocycles. The second-order valence-electron chi connectivity index (χ2n) is 4.99. The van der Waals surface area contributed by atoms with Gasteiger partial charge in [0.25, 0.3) is 0 Å². The van der Waals surface area contributed by atoms with Gasteiger partial charge in [0.05, 0.1) is 6.10 Å². The van der Waals surface area contributed by atoms with E-state index in [1.807, 2.05) is 0 Å². The van der Waals surface area contributed by atoms with Gasteiger partial charge in [0.15, 0.2) is 0 Å². The molecule has 1 aliphatic rings. The summed E-state index contributed by atoms with van der Waals surface area (Å²) in [5, 5.41) is 0. The van der Waals surface area contributed by atoms with Crippen LogP contribution < -0.4 is 0 Å². The zero-order chi connectivity index (χ0) is 9.19. The van der Waals surface area contributed by atoms with E-state index in [1.54, 1.807) is 0 Å². The Bertz CT molecular complexity index is 140. The highest BCUT2D eigenvalue weighted by Gasteiger charge is 2.31.